The Kier molecular flexibility index (Phi) is 4.41. The number of ether oxygens (including phenoxy) is 2. The Morgan fingerprint density at radius 3 is 2.42 bits per heavy atom. The van der Waals surface area contributed by atoms with Gasteiger partial charge in [-0.2, -0.15) is 0 Å². The maximum Gasteiger partial charge on any atom is 0.143 e. The Balaban J connectivity index is 2.19. The second kappa shape index (κ2) is 6.24. The van der Waals surface area contributed by atoms with Crippen LogP contribution in [0.1, 0.15) is 5.56 Å². The van der Waals surface area contributed by atoms with Gasteiger partial charge in [0.15, 0.2) is 0 Å². The Labute approximate surface area is 116 Å². The third kappa shape index (κ3) is 3.26. The molecule has 0 saturated heterocycles. The molecular weight excluding hydrogens is 266 g/mol. The van der Waals surface area contributed by atoms with Gasteiger partial charge in [-0.3, -0.25) is 0 Å². The van der Waals surface area contributed by atoms with Gasteiger partial charge in [0.05, 0.1) is 24.9 Å². The van der Waals surface area contributed by atoms with Gasteiger partial charge in [-0.15, -0.1) is 0 Å². The fourth-order valence-corrected chi connectivity index (χ4v) is 1.85. The van der Waals surface area contributed by atoms with Crippen molar-refractivity contribution in [1.82, 2.24) is 9.97 Å². The van der Waals surface area contributed by atoms with E-state index in [0.717, 1.165) is 11.3 Å². The van der Waals surface area contributed by atoms with E-state index in [1.807, 2.05) is 0 Å². The minimum Gasteiger partial charge on any atom is -0.495 e. The molecular formula is C13H14ClN3O2. The van der Waals surface area contributed by atoms with E-state index < -0.39 is 0 Å². The molecule has 5 nitrogen and oxygen atoms in total. The van der Waals surface area contributed by atoms with Gasteiger partial charge in [-0.05, 0) is 0 Å². The molecule has 0 amide bonds. The lowest BCUT2D eigenvalue weighted by Crippen LogP contribution is -2.02. The van der Waals surface area contributed by atoms with Crippen LogP contribution in [0.5, 0.6) is 11.5 Å². The van der Waals surface area contributed by atoms with E-state index in [9.17, 15) is 0 Å². The average molecular weight is 280 g/mol. The fraction of sp³-hybridized carbons (Fsp3) is 0.231. The largest absolute Gasteiger partial charge is 0.495 e. The molecule has 0 aliphatic carbocycles. The molecule has 1 heterocycles. The number of methoxy groups -OCH3 is 2. The monoisotopic (exact) mass is 279 g/mol. The molecule has 1 N–H and O–H groups in total. The molecule has 100 valence electrons. The number of hydrogen-bond donors (Lipinski definition) is 1. The van der Waals surface area contributed by atoms with E-state index in [1.54, 1.807) is 38.7 Å². The highest BCUT2D eigenvalue weighted by atomic mass is 35.5. The zero-order chi connectivity index (χ0) is 13.7. The van der Waals surface area contributed by atoms with Crippen molar-refractivity contribution in [3.8, 4) is 11.5 Å². The summed E-state index contributed by atoms with van der Waals surface area (Å²) in [6.07, 6.45) is 4.99. The first-order chi connectivity index (χ1) is 9.24. The predicted molar refractivity (Wildman–Crippen MR) is 73.9 cm³/mol. The number of aromatic nitrogens is 2. The quantitative estimate of drug-likeness (QED) is 0.912. The van der Waals surface area contributed by atoms with Gasteiger partial charge in [-0.25, -0.2) is 9.97 Å². The molecule has 1 aromatic heterocycles. The van der Waals surface area contributed by atoms with E-state index in [1.165, 1.54) is 6.33 Å². The molecule has 0 bridgehead atoms. The van der Waals surface area contributed by atoms with Crippen molar-refractivity contribution < 1.29 is 9.47 Å². The summed E-state index contributed by atoms with van der Waals surface area (Å²) in [6.45, 7) is 0.585. The van der Waals surface area contributed by atoms with Gasteiger partial charge in [0.1, 0.15) is 17.8 Å². The molecule has 0 fully saturated rings. The van der Waals surface area contributed by atoms with Crippen LogP contribution in [0.3, 0.4) is 0 Å². The summed E-state index contributed by atoms with van der Waals surface area (Å²) in [4.78, 5) is 7.92. The molecule has 19 heavy (non-hydrogen) atoms. The molecule has 0 radical (unpaired) electrons. The molecule has 0 saturated carbocycles. The topological polar surface area (TPSA) is 56.3 Å². The van der Waals surface area contributed by atoms with Crippen LogP contribution in [0.25, 0.3) is 0 Å². The Morgan fingerprint density at radius 1 is 1.11 bits per heavy atom. The van der Waals surface area contributed by atoms with Crippen molar-refractivity contribution in [1.29, 1.82) is 0 Å². The summed E-state index contributed by atoms with van der Waals surface area (Å²) in [5, 5.41) is 3.75. The van der Waals surface area contributed by atoms with Crippen LogP contribution in [-0.4, -0.2) is 24.2 Å². The summed E-state index contributed by atoms with van der Waals surface area (Å²) < 4.78 is 10.5. The summed E-state index contributed by atoms with van der Waals surface area (Å²) in [7, 11) is 3.16. The summed E-state index contributed by atoms with van der Waals surface area (Å²) in [5.41, 5.74) is 1.77. The lowest BCUT2D eigenvalue weighted by Gasteiger charge is -2.13. The van der Waals surface area contributed by atoms with E-state index in [0.29, 0.717) is 23.1 Å². The standard InChI is InChI=1S/C13H14ClN3O2/c1-18-12-4-11(13(19-2)3-10(12)14)17-7-9-5-15-8-16-6-9/h3-6,8,17H,7H2,1-2H3. The number of benzene rings is 1. The first-order valence-corrected chi connectivity index (χ1v) is 6.01. The predicted octanol–water partition coefficient (Wildman–Crippen LogP) is 2.76. The van der Waals surface area contributed by atoms with Gasteiger partial charge < -0.3 is 14.8 Å². The van der Waals surface area contributed by atoms with E-state index in [2.05, 4.69) is 15.3 Å². The zero-order valence-corrected chi connectivity index (χ0v) is 11.4. The SMILES string of the molecule is COc1cc(NCc2cncnc2)c(OC)cc1Cl. The third-order valence-corrected chi connectivity index (χ3v) is 2.87. The first kappa shape index (κ1) is 13.4. The van der Waals surface area contributed by atoms with Crippen molar-refractivity contribution in [2.45, 2.75) is 6.54 Å². The molecule has 1 aromatic carbocycles. The number of hydrogen-bond acceptors (Lipinski definition) is 5. The van der Waals surface area contributed by atoms with Crippen LogP contribution in [0.4, 0.5) is 5.69 Å². The summed E-state index contributed by atoms with van der Waals surface area (Å²) in [6, 6.07) is 3.51. The molecule has 0 atom stereocenters. The number of rotatable bonds is 5. The van der Waals surface area contributed by atoms with E-state index in [-0.39, 0.29) is 0 Å². The van der Waals surface area contributed by atoms with Crippen LogP contribution >= 0.6 is 11.6 Å². The molecule has 0 aliphatic heterocycles. The highest BCUT2D eigenvalue weighted by Crippen LogP contribution is 2.35. The molecule has 0 aliphatic rings. The maximum absolute atomic E-state index is 6.04. The van der Waals surface area contributed by atoms with E-state index >= 15 is 0 Å². The summed E-state index contributed by atoms with van der Waals surface area (Å²) in [5.74, 6) is 1.25. The molecule has 0 unspecified atom stereocenters. The van der Waals surface area contributed by atoms with Gasteiger partial charge in [0, 0.05) is 36.6 Å². The van der Waals surface area contributed by atoms with Crippen LogP contribution in [0.15, 0.2) is 30.9 Å². The van der Waals surface area contributed by atoms with Crippen LogP contribution < -0.4 is 14.8 Å². The normalized spacial score (nSPS) is 10.1. The zero-order valence-electron chi connectivity index (χ0n) is 10.7. The van der Waals surface area contributed by atoms with Gasteiger partial charge in [0.25, 0.3) is 0 Å². The van der Waals surface area contributed by atoms with Crippen LogP contribution in [-0.2, 0) is 6.54 Å². The third-order valence-electron chi connectivity index (χ3n) is 2.57. The van der Waals surface area contributed by atoms with Crippen molar-refractivity contribution in [2.75, 3.05) is 19.5 Å². The number of halogens is 1. The minimum absolute atomic E-state index is 0.507. The molecule has 6 heteroatoms. The highest BCUT2D eigenvalue weighted by Gasteiger charge is 2.09. The number of nitrogens with one attached hydrogen (secondary N) is 1. The van der Waals surface area contributed by atoms with Crippen molar-refractivity contribution in [2.24, 2.45) is 0 Å². The van der Waals surface area contributed by atoms with Crippen molar-refractivity contribution in [3.05, 3.63) is 41.4 Å². The number of nitrogens with zero attached hydrogens (tertiary/aromatic N) is 2. The lowest BCUT2D eigenvalue weighted by molar-refractivity contribution is 0.404. The Bertz CT molecular complexity index is 549. The van der Waals surface area contributed by atoms with Crippen LogP contribution in [0, 0.1) is 0 Å². The van der Waals surface area contributed by atoms with Gasteiger partial charge in [-0.1, -0.05) is 11.6 Å². The van der Waals surface area contributed by atoms with Gasteiger partial charge >= 0.3 is 0 Å². The molecule has 2 rings (SSSR count). The fourth-order valence-electron chi connectivity index (χ4n) is 1.62. The average Bonchev–Trinajstić information content (AvgIpc) is 2.46. The number of anilines is 1. The lowest BCUT2D eigenvalue weighted by atomic mass is 10.2. The second-order valence-electron chi connectivity index (χ2n) is 3.79. The maximum atomic E-state index is 6.04. The smallest absolute Gasteiger partial charge is 0.143 e. The Hall–Kier alpha value is -2.01. The summed E-state index contributed by atoms with van der Waals surface area (Å²) >= 11 is 6.04. The van der Waals surface area contributed by atoms with Gasteiger partial charge in [0.2, 0.25) is 0 Å². The minimum atomic E-state index is 0.507. The van der Waals surface area contributed by atoms with Crippen molar-refractivity contribution in [3.63, 3.8) is 0 Å². The molecule has 0 spiro atoms. The Morgan fingerprint density at radius 2 is 1.79 bits per heavy atom. The first-order valence-electron chi connectivity index (χ1n) is 5.64. The van der Waals surface area contributed by atoms with Crippen molar-refractivity contribution >= 4 is 17.3 Å². The molecule has 2 aromatic rings. The van der Waals surface area contributed by atoms with E-state index in [4.69, 9.17) is 21.1 Å². The van der Waals surface area contributed by atoms with Crippen LogP contribution in [0.2, 0.25) is 5.02 Å². The second-order valence-corrected chi connectivity index (χ2v) is 4.19. The highest BCUT2D eigenvalue weighted by molar-refractivity contribution is 6.32.